The average Bonchev–Trinajstić information content (AvgIpc) is 2.44. The Hall–Kier alpha value is -2.39. The Morgan fingerprint density at radius 3 is 2.71 bits per heavy atom. The van der Waals surface area contributed by atoms with Crippen LogP contribution < -0.4 is 11.1 Å². The van der Waals surface area contributed by atoms with Gasteiger partial charge in [0.1, 0.15) is 12.4 Å². The van der Waals surface area contributed by atoms with E-state index in [1.807, 2.05) is 0 Å². The summed E-state index contributed by atoms with van der Waals surface area (Å²) >= 11 is 0. The number of halogens is 1. The summed E-state index contributed by atoms with van der Waals surface area (Å²) in [7, 11) is 0. The van der Waals surface area contributed by atoms with Gasteiger partial charge in [-0.15, -0.1) is 0 Å². The van der Waals surface area contributed by atoms with Gasteiger partial charge in [0.25, 0.3) is 5.91 Å². The molecule has 0 saturated carbocycles. The normalized spacial score (nSPS) is 9.62. The Labute approximate surface area is 122 Å². The van der Waals surface area contributed by atoms with Gasteiger partial charge in [-0.3, -0.25) is 9.59 Å². The second-order valence-electron chi connectivity index (χ2n) is 4.33. The highest BCUT2D eigenvalue weighted by atomic mass is 19.1. The lowest BCUT2D eigenvalue weighted by molar-refractivity contribution is -0.118. The molecular formula is C15H17FN2O3. The van der Waals surface area contributed by atoms with Crippen LogP contribution >= 0.6 is 0 Å². The monoisotopic (exact) mass is 292 g/mol. The number of hydrogen-bond acceptors (Lipinski definition) is 3. The van der Waals surface area contributed by atoms with Gasteiger partial charge >= 0.3 is 0 Å². The number of amides is 2. The minimum Gasteiger partial charge on any atom is -0.384 e. The maximum absolute atomic E-state index is 13.8. The zero-order chi connectivity index (χ0) is 15.7. The number of rotatable bonds is 6. The van der Waals surface area contributed by atoms with Crippen molar-refractivity contribution in [3.63, 3.8) is 0 Å². The minimum atomic E-state index is -0.672. The van der Waals surface area contributed by atoms with Gasteiger partial charge in [-0.25, -0.2) is 4.39 Å². The molecule has 0 aliphatic carbocycles. The molecule has 0 atom stereocenters. The van der Waals surface area contributed by atoms with Crippen molar-refractivity contribution in [2.75, 3.05) is 13.2 Å². The van der Waals surface area contributed by atoms with Crippen molar-refractivity contribution in [1.82, 2.24) is 5.32 Å². The molecule has 0 heterocycles. The number of aliphatic hydroxyl groups excluding tert-OH is 1. The highest BCUT2D eigenvalue weighted by Crippen LogP contribution is 2.10. The molecule has 112 valence electrons. The van der Waals surface area contributed by atoms with E-state index in [2.05, 4.69) is 17.2 Å². The van der Waals surface area contributed by atoms with Crippen LogP contribution in [0, 0.1) is 17.7 Å². The zero-order valence-corrected chi connectivity index (χ0v) is 11.5. The van der Waals surface area contributed by atoms with Gasteiger partial charge in [0.15, 0.2) is 0 Å². The molecular weight excluding hydrogens is 275 g/mol. The van der Waals surface area contributed by atoms with Crippen LogP contribution in [0.1, 0.15) is 35.2 Å². The highest BCUT2D eigenvalue weighted by Gasteiger charge is 2.11. The first kappa shape index (κ1) is 16.7. The van der Waals surface area contributed by atoms with Gasteiger partial charge in [-0.05, 0) is 31.0 Å². The minimum absolute atomic E-state index is 0.0700. The summed E-state index contributed by atoms with van der Waals surface area (Å²) in [5.74, 6) is 3.38. The summed E-state index contributed by atoms with van der Waals surface area (Å²) in [5.41, 5.74) is 5.31. The summed E-state index contributed by atoms with van der Waals surface area (Å²) in [4.78, 5) is 22.3. The maximum Gasteiger partial charge on any atom is 0.254 e. The SMILES string of the molecule is NC(=O)CCCCNC(=O)c1ccc(C#CCO)cc1F. The Balaban J connectivity index is 2.52. The lowest BCUT2D eigenvalue weighted by atomic mass is 10.1. The van der Waals surface area contributed by atoms with E-state index in [9.17, 15) is 14.0 Å². The lowest BCUT2D eigenvalue weighted by Crippen LogP contribution is -2.25. The van der Waals surface area contributed by atoms with Crippen molar-refractivity contribution in [1.29, 1.82) is 0 Å². The maximum atomic E-state index is 13.8. The summed E-state index contributed by atoms with van der Waals surface area (Å²) in [6.45, 7) is 0.0345. The number of nitrogens with two attached hydrogens (primary N) is 1. The fourth-order valence-electron chi connectivity index (χ4n) is 1.64. The largest absolute Gasteiger partial charge is 0.384 e. The molecule has 0 fully saturated rings. The second-order valence-corrected chi connectivity index (χ2v) is 4.33. The first-order valence-electron chi connectivity index (χ1n) is 6.50. The molecule has 0 spiro atoms. The van der Waals surface area contributed by atoms with Crippen LogP contribution in [0.25, 0.3) is 0 Å². The van der Waals surface area contributed by atoms with Gasteiger partial charge in [0, 0.05) is 18.5 Å². The van der Waals surface area contributed by atoms with E-state index in [0.717, 1.165) is 6.07 Å². The zero-order valence-electron chi connectivity index (χ0n) is 11.5. The molecule has 1 aromatic rings. The summed E-state index contributed by atoms with van der Waals surface area (Å²) in [5, 5.41) is 11.1. The van der Waals surface area contributed by atoms with E-state index in [4.69, 9.17) is 10.8 Å². The molecule has 0 saturated heterocycles. The van der Waals surface area contributed by atoms with Crippen LogP contribution in [0.15, 0.2) is 18.2 Å². The van der Waals surface area contributed by atoms with Crippen molar-refractivity contribution >= 4 is 11.8 Å². The van der Waals surface area contributed by atoms with Gasteiger partial charge in [-0.2, -0.15) is 0 Å². The molecule has 0 aliphatic rings. The Bertz CT molecular complexity index is 576. The van der Waals surface area contributed by atoms with Crippen molar-refractivity contribution in [3.8, 4) is 11.8 Å². The third-order valence-electron chi connectivity index (χ3n) is 2.66. The standard InChI is InChI=1S/C15H17FN2O3/c16-13-10-11(4-3-9-19)6-7-12(13)15(21)18-8-2-1-5-14(17)20/h6-7,10,19H,1-2,5,8-9H2,(H2,17,20)(H,18,21). The molecule has 6 heteroatoms. The number of benzene rings is 1. The lowest BCUT2D eigenvalue weighted by Gasteiger charge is -2.06. The van der Waals surface area contributed by atoms with Crippen molar-refractivity contribution in [3.05, 3.63) is 35.1 Å². The summed E-state index contributed by atoms with van der Waals surface area (Å²) < 4.78 is 13.8. The number of unbranched alkanes of at least 4 members (excludes halogenated alkanes) is 1. The highest BCUT2D eigenvalue weighted by molar-refractivity contribution is 5.94. The van der Waals surface area contributed by atoms with Gasteiger partial charge in [-0.1, -0.05) is 11.8 Å². The van der Waals surface area contributed by atoms with Crippen molar-refractivity contribution in [2.24, 2.45) is 5.73 Å². The molecule has 1 aromatic carbocycles. The fourth-order valence-corrected chi connectivity index (χ4v) is 1.64. The fraction of sp³-hybridized carbons (Fsp3) is 0.333. The van der Waals surface area contributed by atoms with Crippen LogP contribution in [0.5, 0.6) is 0 Å². The summed E-state index contributed by atoms with van der Waals surface area (Å²) in [6.07, 6.45) is 1.44. The van der Waals surface area contributed by atoms with Crippen LogP contribution in [0.3, 0.4) is 0 Å². The number of aliphatic hydroxyl groups is 1. The predicted molar refractivity (Wildman–Crippen MR) is 75.7 cm³/mol. The number of nitrogens with one attached hydrogen (secondary N) is 1. The smallest absolute Gasteiger partial charge is 0.254 e. The molecule has 21 heavy (non-hydrogen) atoms. The molecule has 0 unspecified atom stereocenters. The molecule has 4 N–H and O–H groups in total. The van der Waals surface area contributed by atoms with E-state index in [0.29, 0.717) is 24.9 Å². The van der Waals surface area contributed by atoms with Gasteiger partial charge in [0.05, 0.1) is 5.56 Å². The van der Waals surface area contributed by atoms with Crippen LogP contribution in [-0.4, -0.2) is 30.1 Å². The number of carbonyl (C=O) groups is 2. The molecule has 2 amide bonds. The molecule has 1 rings (SSSR count). The third-order valence-corrected chi connectivity index (χ3v) is 2.66. The first-order chi connectivity index (χ1) is 10.0. The van der Waals surface area contributed by atoms with E-state index in [-0.39, 0.29) is 24.5 Å². The first-order valence-corrected chi connectivity index (χ1v) is 6.50. The molecule has 0 radical (unpaired) electrons. The predicted octanol–water partition coefficient (Wildman–Crippen LogP) is 0.555. The summed E-state index contributed by atoms with van der Waals surface area (Å²) in [6, 6.07) is 3.99. The van der Waals surface area contributed by atoms with E-state index in [1.165, 1.54) is 12.1 Å². The Kier molecular flexibility index (Phi) is 6.92. The number of carbonyl (C=O) groups excluding carboxylic acids is 2. The second kappa shape index (κ2) is 8.72. The van der Waals surface area contributed by atoms with Crippen molar-refractivity contribution in [2.45, 2.75) is 19.3 Å². The quantitative estimate of drug-likeness (QED) is 0.528. The molecule has 0 aromatic heterocycles. The number of hydrogen-bond donors (Lipinski definition) is 3. The average molecular weight is 292 g/mol. The number of primary amides is 1. The van der Waals surface area contributed by atoms with Crippen molar-refractivity contribution < 1.29 is 19.1 Å². The topological polar surface area (TPSA) is 92.4 Å². The van der Waals surface area contributed by atoms with E-state index in [1.54, 1.807) is 0 Å². The van der Waals surface area contributed by atoms with Crippen LogP contribution in [0.2, 0.25) is 0 Å². The molecule has 0 aliphatic heterocycles. The Morgan fingerprint density at radius 2 is 2.10 bits per heavy atom. The van der Waals surface area contributed by atoms with E-state index >= 15 is 0 Å². The van der Waals surface area contributed by atoms with Crippen LogP contribution in [0.4, 0.5) is 4.39 Å². The van der Waals surface area contributed by atoms with Crippen LogP contribution in [-0.2, 0) is 4.79 Å². The molecule has 5 nitrogen and oxygen atoms in total. The molecule has 0 bridgehead atoms. The third kappa shape index (κ3) is 6.06. The van der Waals surface area contributed by atoms with Gasteiger partial charge in [0.2, 0.25) is 5.91 Å². The Morgan fingerprint density at radius 1 is 1.33 bits per heavy atom. The van der Waals surface area contributed by atoms with Gasteiger partial charge < -0.3 is 16.2 Å². The van der Waals surface area contributed by atoms with E-state index < -0.39 is 11.7 Å².